The molecule has 0 radical (unpaired) electrons. The lowest BCUT2D eigenvalue weighted by atomic mass is 10.2. The van der Waals surface area contributed by atoms with E-state index in [1.807, 2.05) is 0 Å². The zero-order valence-corrected chi connectivity index (χ0v) is 16.7. The number of hydrogen-bond donors (Lipinski definition) is 1. The Balaban J connectivity index is 1.91. The summed E-state index contributed by atoms with van der Waals surface area (Å²) in [6, 6.07) is 8.67. The first-order valence-corrected chi connectivity index (χ1v) is 8.80. The van der Waals surface area contributed by atoms with Gasteiger partial charge in [0.1, 0.15) is 11.5 Å². The van der Waals surface area contributed by atoms with Crippen LogP contribution >= 0.6 is 11.6 Å². The summed E-state index contributed by atoms with van der Waals surface area (Å²) in [5, 5.41) is 13.8. The summed E-state index contributed by atoms with van der Waals surface area (Å²) in [5.74, 6) is -0.793. The molecule has 2 aromatic carbocycles. The second-order valence-corrected chi connectivity index (χ2v) is 6.40. The summed E-state index contributed by atoms with van der Waals surface area (Å²) in [7, 11) is 1.31. The molecule has 1 amide bonds. The number of carbonyl (C=O) groups is 2. The van der Waals surface area contributed by atoms with Crippen molar-refractivity contribution in [3.8, 4) is 11.5 Å². The number of hydrogen-bond acceptors (Lipinski definition) is 7. The van der Waals surface area contributed by atoms with Crippen molar-refractivity contribution in [2.24, 2.45) is 0 Å². The number of nitro benzene ring substituents is 1. The van der Waals surface area contributed by atoms with Crippen molar-refractivity contribution >= 4 is 34.9 Å². The molecule has 154 valence electrons. The number of benzene rings is 2. The topological polar surface area (TPSA) is 117 Å². The van der Waals surface area contributed by atoms with E-state index in [2.05, 4.69) is 5.32 Å². The Morgan fingerprint density at radius 1 is 1.21 bits per heavy atom. The van der Waals surface area contributed by atoms with Gasteiger partial charge in [0, 0.05) is 11.1 Å². The van der Waals surface area contributed by atoms with Gasteiger partial charge in [-0.3, -0.25) is 14.9 Å². The van der Waals surface area contributed by atoms with Crippen LogP contribution in [0.5, 0.6) is 11.5 Å². The molecule has 0 spiro atoms. The highest BCUT2D eigenvalue weighted by Crippen LogP contribution is 2.29. The lowest BCUT2D eigenvalue weighted by Crippen LogP contribution is -2.30. The van der Waals surface area contributed by atoms with E-state index in [1.165, 1.54) is 32.2 Å². The van der Waals surface area contributed by atoms with Crippen LogP contribution in [0.1, 0.15) is 12.5 Å². The number of nitro groups is 1. The van der Waals surface area contributed by atoms with Crippen molar-refractivity contribution < 1.29 is 28.7 Å². The first kappa shape index (κ1) is 22.0. The minimum absolute atomic E-state index is 0.105. The van der Waals surface area contributed by atoms with E-state index >= 15 is 0 Å². The molecule has 29 heavy (non-hydrogen) atoms. The number of nitrogens with zero attached hydrogens (tertiary/aromatic N) is 1. The lowest BCUT2D eigenvalue weighted by molar-refractivity contribution is -0.384. The molecule has 0 aliphatic heterocycles. The van der Waals surface area contributed by atoms with Crippen molar-refractivity contribution in [2.45, 2.75) is 20.0 Å². The van der Waals surface area contributed by atoms with Crippen LogP contribution < -0.4 is 14.8 Å². The van der Waals surface area contributed by atoms with Crippen molar-refractivity contribution in [2.75, 3.05) is 19.0 Å². The largest absolute Gasteiger partial charge is 0.494 e. The van der Waals surface area contributed by atoms with Gasteiger partial charge in [-0.1, -0.05) is 11.6 Å². The van der Waals surface area contributed by atoms with Gasteiger partial charge in [-0.2, -0.15) is 0 Å². The maximum Gasteiger partial charge on any atom is 0.347 e. The number of methoxy groups -OCH3 is 1. The van der Waals surface area contributed by atoms with Crippen LogP contribution in [0.25, 0.3) is 0 Å². The van der Waals surface area contributed by atoms with Crippen LogP contribution in [0.3, 0.4) is 0 Å². The third-order valence-corrected chi connectivity index (χ3v) is 4.02. The van der Waals surface area contributed by atoms with Gasteiger partial charge >= 0.3 is 5.97 Å². The number of amides is 1. The Bertz CT molecular complexity index is 933. The Morgan fingerprint density at radius 2 is 1.93 bits per heavy atom. The molecular weight excluding hydrogens is 404 g/mol. The molecule has 1 unspecified atom stereocenters. The highest BCUT2D eigenvalue weighted by molar-refractivity contribution is 6.30. The van der Waals surface area contributed by atoms with Crippen LogP contribution in [-0.4, -0.2) is 36.6 Å². The van der Waals surface area contributed by atoms with Crippen molar-refractivity contribution in [3.63, 3.8) is 0 Å². The number of anilines is 1. The average molecular weight is 423 g/mol. The molecule has 0 bridgehead atoms. The fourth-order valence-corrected chi connectivity index (χ4v) is 2.55. The van der Waals surface area contributed by atoms with Crippen LogP contribution in [-0.2, 0) is 14.3 Å². The summed E-state index contributed by atoms with van der Waals surface area (Å²) in [6.45, 7) is 2.71. The minimum Gasteiger partial charge on any atom is -0.494 e. The van der Waals surface area contributed by atoms with E-state index < -0.39 is 29.5 Å². The Hall–Kier alpha value is -3.33. The Morgan fingerprint density at radius 3 is 2.55 bits per heavy atom. The third-order valence-electron chi connectivity index (χ3n) is 3.79. The molecule has 1 N–H and O–H groups in total. The zero-order chi connectivity index (χ0) is 21.6. The monoisotopic (exact) mass is 422 g/mol. The second kappa shape index (κ2) is 9.74. The number of esters is 1. The van der Waals surface area contributed by atoms with Gasteiger partial charge in [-0.25, -0.2) is 4.79 Å². The lowest BCUT2D eigenvalue weighted by Gasteiger charge is -2.16. The molecule has 2 aromatic rings. The van der Waals surface area contributed by atoms with Gasteiger partial charge in [0.05, 0.1) is 23.8 Å². The molecule has 10 heteroatoms. The van der Waals surface area contributed by atoms with E-state index in [4.69, 9.17) is 25.8 Å². The van der Waals surface area contributed by atoms with Crippen molar-refractivity contribution in [1.29, 1.82) is 0 Å². The number of non-ortho nitro benzene ring substituents is 1. The quantitative estimate of drug-likeness (QED) is 0.393. The summed E-state index contributed by atoms with van der Waals surface area (Å²) < 4.78 is 15.5. The highest BCUT2D eigenvalue weighted by atomic mass is 35.5. The summed E-state index contributed by atoms with van der Waals surface area (Å²) >= 11 is 5.88. The standard InChI is InChI=1S/C19H19ClN2O7/c1-11-8-13(20)4-7-16(11)29-12(2)19(24)28-10-18(23)21-15-6-5-14(22(25)26)9-17(15)27-3/h4-9,12H,10H2,1-3H3,(H,21,23). The highest BCUT2D eigenvalue weighted by Gasteiger charge is 2.19. The van der Waals surface area contributed by atoms with Gasteiger partial charge in [-0.15, -0.1) is 0 Å². The van der Waals surface area contributed by atoms with E-state index in [1.54, 1.807) is 25.1 Å². The van der Waals surface area contributed by atoms with Gasteiger partial charge in [0.15, 0.2) is 12.7 Å². The van der Waals surface area contributed by atoms with E-state index in [-0.39, 0.29) is 17.1 Å². The summed E-state index contributed by atoms with van der Waals surface area (Å²) in [5.41, 5.74) is 0.773. The summed E-state index contributed by atoms with van der Waals surface area (Å²) in [4.78, 5) is 34.3. The minimum atomic E-state index is -0.948. The van der Waals surface area contributed by atoms with Gasteiger partial charge in [-0.05, 0) is 43.7 Å². The maximum absolute atomic E-state index is 12.1. The number of nitrogens with one attached hydrogen (secondary N) is 1. The number of rotatable bonds is 8. The predicted octanol–water partition coefficient (Wildman–Crippen LogP) is 3.51. The van der Waals surface area contributed by atoms with E-state index in [0.29, 0.717) is 10.8 Å². The maximum atomic E-state index is 12.1. The first-order valence-electron chi connectivity index (χ1n) is 8.43. The molecule has 0 aliphatic rings. The molecule has 0 aliphatic carbocycles. The number of halogens is 1. The van der Waals surface area contributed by atoms with Gasteiger partial charge in [0.2, 0.25) is 0 Å². The zero-order valence-electron chi connectivity index (χ0n) is 15.9. The molecule has 2 rings (SSSR count). The SMILES string of the molecule is COc1cc([N+](=O)[O-])ccc1NC(=O)COC(=O)C(C)Oc1ccc(Cl)cc1C. The van der Waals surface area contributed by atoms with Gasteiger partial charge in [0.25, 0.3) is 11.6 Å². The molecule has 0 aromatic heterocycles. The van der Waals surface area contributed by atoms with Gasteiger partial charge < -0.3 is 19.5 Å². The third kappa shape index (κ3) is 6.08. The van der Waals surface area contributed by atoms with Crippen molar-refractivity contribution in [3.05, 3.63) is 57.1 Å². The van der Waals surface area contributed by atoms with Crippen molar-refractivity contribution in [1.82, 2.24) is 0 Å². The average Bonchev–Trinajstić information content (AvgIpc) is 2.68. The number of aryl methyl sites for hydroxylation is 1. The van der Waals surface area contributed by atoms with Crippen LogP contribution in [0, 0.1) is 17.0 Å². The fourth-order valence-electron chi connectivity index (χ4n) is 2.32. The first-order chi connectivity index (χ1) is 13.7. The summed E-state index contributed by atoms with van der Waals surface area (Å²) in [6.07, 6.45) is -0.948. The van der Waals surface area contributed by atoms with E-state index in [0.717, 1.165) is 5.56 Å². The molecule has 0 saturated carbocycles. The Labute approximate surface area is 171 Å². The second-order valence-electron chi connectivity index (χ2n) is 5.97. The molecule has 0 heterocycles. The normalized spacial score (nSPS) is 11.3. The molecule has 1 atom stereocenters. The predicted molar refractivity (Wildman–Crippen MR) is 106 cm³/mol. The van der Waals surface area contributed by atoms with Crippen LogP contribution in [0.4, 0.5) is 11.4 Å². The molecule has 9 nitrogen and oxygen atoms in total. The molecular formula is C19H19ClN2O7. The van der Waals surface area contributed by atoms with Crippen LogP contribution in [0.2, 0.25) is 5.02 Å². The Kier molecular flexibility index (Phi) is 7.38. The number of carbonyl (C=O) groups excluding carboxylic acids is 2. The van der Waals surface area contributed by atoms with E-state index in [9.17, 15) is 19.7 Å². The smallest absolute Gasteiger partial charge is 0.347 e. The molecule has 0 fully saturated rings. The fraction of sp³-hybridized carbons (Fsp3) is 0.263. The molecule has 0 saturated heterocycles. The number of ether oxygens (including phenoxy) is 3. The van der Waals surface area contributed by atoms with Crippen LogP contribution in [0.15, 0.2) is 36.4 Å².